The second-order valence-electron chi connectivity index (χ2n) is 8.07. The monoisotopic (exact) mass is 378 g/mol. The molecule has 5 heteroatoms. The second kappa shape index (κ2) is 8.41. The molecule has 0 saturated carbocycles. The summed E-state index contributed by atoms with van der Waals surface area (Å²) in [6.07, 6.45) is 4.36. The van der Waals surface area contributed by atoms with Gasteiger partial charge in [0, 0.05) is 49.5 Å². The number of carbonyl (C=O) groups is 1. The van der Waals surface area contributed by atoms with Gasteiger partial charge in [-0.15, -0.1) is 0 Å². The maximum absolute atomic E-state index is 12.9. The molecular weight excluding hydrogens is 348 g/mol. The van der Waals surface area contributed by atoms with Crippen molar-refractivity contribution < 1.29 is 4.79 Å². The summed E-state index contributed by atoms with van der Waals surface area (Å²) in [6.45, 7) is 8.11. The molecule has 3 heterocycles. The number of likely N-dealkylation sites (N-methyl/N-ethyl adjacent to an activating group) is 1. The first-order chi connectivity index (χ1) is 13.6. The predicted molar refractivity (Wildman–Crippen MR) is 112 cm³/mol. The van der Waals surface area contributed by atoms with Gasteiger partial charge in [-0.2, -0.15) is 0 Å². The highest BCUT2D eigenvalue weighted by Gasteiger charge is 2.21. The van der Waals surface area contributed by atoms with Crippen molar-refractivity contribution >= 4 is 5.91 Å². The van der Waals surface area contributed by atoms with Gasteiger partial charge in [-0.3, -0.25) is 14.7 Å². The predicted octanol–water partition coefficient (Wildman–Crippen LogP) is 3.29. The van der Waals surface area contributed by atoms with Crippen molar-refractivity contribution in [1.29, 1.82) is 0 Å². The van der Waals surface area contributed by atoms with Gasteiger partial charge < -0.3 is 9.80 Å². The Labute approximate surface area is 168 Å². The van der Waals surface area contributed by atoms with E-state index in [1.54, 1.807) is 6.20 Å². The van der Waals surface area contributed by atoms with E-state index < -0.39 is 0 Å². The van der Waals surface area contributed by atoms with Crippen LogP contribution in [-0.4, -0.2) is 71.9 Å². The summed E-state index contributed by atoms with van der Waals surface area (Å²) in [5, 5.41) is 0. The summed E-state index contributed by atoms with van der Waals surface area (Å²) in [5.41, 5.74) is 3.99. The number of benzene rings is 1. The van der Waals surface area contributed by atoms with Gasteiger partial charge in [0.2, 0.25) is 0 Å². The van der Waals surface area contributed by atoms with E-state index in [0.717, 1.165) is 43.0 Å². The molecule has 2 saturated heterocycles. The summed E-state index contributed by atoms with van der Waals surface area (Å²) in [5.74, 6) is 0.107. The van der Waals surface area contributed by atoms with E-state index in [1.807, 2.05) is 17.0 Å². The van der Waals surface area contributed by atoms with Crippen molar-refractivity contribution in [3.05, 3.63) is 53.7 Å². The largest absolute Gasteiger partial charge is 0.336 e. The Hall–Kier alpha value is -2.24. The number of rotatable bonds is 4. The number of piperazine rings is 1. The molecule has 1 amide bonds. The van der Waals surface area contributed by atoms with Crippen LogP contribution in [0.15, 0.2) is 42.6 Å². The summed E-state index contributed by atoms with van der Waals surface area (Å²) in [4.78, 5) is 24.1. The van der Waals surface area contributed by atoms with Gasteiger partial charge in [-0.25, -0.2) is 0 Å². The van der Waals surface area contributed by atoms with Gasteiger partial charge in [0.1, 0.15) is 0 Å². The molecule has 0 spiro atoms. The third-order valence-corrected chi connectivity index (χ3v) is 6.17. The molecule has 1 atom stereocenters. The molecule has 2 aromatic rings. The van der Waals surface area contributed by atoms with Gasteiger partial charge in [0.25, 0.3) is 5.91 Å². The van der Waals surface area contributed by atoms with E-state index in [4.69, 9.17) is 0 Å². The normalized spacial score (nSPS) is 19.7. The Morgan fingerprint density at radius 1 is 0.964 bits per heavy atom. The topological polar surface area (TPSA) is 39.7 Å². The first kappa shape index (κ1) is 19.1. The summed E-state index contributed by atoms with van der Waals surface area (Å²) in [6, 6.07) is 12.9. The van der Waals surface area contributed by atoms with Gasteiger partial charge in [-0.1, -0.05) is 24.3 Å². The fourth-order valence-corrected chi connectivity index (χ4v) is 4.19. The van der Waals surface area contributed by atoms with E-state index in [-0.39, 0.29) is 5.91 Å². The zero-order chi connectivity index (χ0) is 19.5. The molecule has 1 aromatic heterocycles. The molecule has 5 nitrogen and oxygen atoms in total. The van der Waals surface area contributed by atoms with Crippen molar-refractivity contribution in [1.82, 2.24) is 19.7 Å². The minimum atomic E-state index is 0.107. The summed E-state index contributed by atoms with van der Waals surface area (Å²) >= 11 is 0. The molecule has 0 bridgehead atoms. The molecule has 2 aliphatic heterocycles. The lowest BCUT2D eigenvalue weighted by molar-refractivity contribution is 0.0664. The number of hydrogen-bond donors (Lipinski definition) is 0. The SMILES string of the molecule is CC(c1ccc(-c2cc(C(=O)N3CCN(C)CC3)ccn2)cc1)N1CCCC1. The van der Waals surface area contributed by atoms with Crippen LogP contribution in [0, 0.1) is 0 Å². The number of amides is 1. The first-order valence-electron chi connectivity index (χ1n) is 10.4. The minimum absolute atomic E-state index is 0.107. The van der Waals surface area contributed by atoms with E-state index in [0.29, 0.717) is 6.04 Å². The Kier molecular flexibility index (Phi) is 5.74. The van der Waals surface area contributed by atoms with E-state index in [1.165, 1.54) is 31.5 Å². The first-order valence-corrected chi connectivity index (χ1v) is 10.4. The fraction of sp³-hybridized carbons (Fsp3) is 0.478. The average Bonchev–Trinajstić information content (AvgIpc) is 3.28. The lowest BCUT2D eigenvalue weighted by atomic mass is 10.0. The van der Waals surface area contributed by atoms with Crippen LogP contribution < -0.4 is 0 Å². The lowest BCUT2D eigenvalue weighted by Crippen LogP contribution is -2.47. The zero-order valence-corrected chi connectivity index (χ0v) is 17.0. The van der Waals surface area contributed by atoms with Crippen molar-refractivity contribution in [2.24, 2.45) is 0 Å². The Balaban J connectivity index is 1.48. The second-order valence-corrected chi connectivity index (χ2v) is 8.07. The standard InChI is InChI=1S/C23H30N4O/c1-18(26-11-3-4-12-26)19-5-7-20(8-6-19)22-17-21(9-10-24-22)23(28)27-15-13-25(2)14-16-27/h5-10,17-18H,3-4,11-16H2,1-2H3. The van der Waals surface area contributed by atoms with Crippen LogP contribution in [0.5, 0.6) is 0 Å². The fourth-order valence-electron chi connectivity index (χ4n) is 4.19. The van der Waals surface area contributed by atoms with E-state index in [2.05, 4.69) is 53.0 Å². The Morgan fingerprint density at radius 3 is 2.32 bits per heavy atom. The Morgan fingerprint density at radius 2 is 1.64 bits per heavy atom. The van der Waals surface area contributed by atoms with Crippen LogP contribution >= 0.6 is 0 Å². The van der Waals surface area contributed by atoms with Crippen LogP contribution in [-0.2, 0) is 0 Å². The minimum Gasteiger partial charge on any atom is -0.336 e. The molecular formula is C23H30N4O. The molecule has 2 fully saturated rings. The molecule has 28 heavy (non-hydrogen) atoms. The lowest BCUT2D eigenvalue weighted by Gasteiger charge is -2.32. The van der Waals surface area contributed by atoms with Crippen molar-refractivity contribution in [2.75, 3.05) is 46.3 Å². The van der Waals surface area contributed by atoms with Crippen LogP contribution in [0.25, 0.3) is 11.3 Å². The maximum atomic E-state index is 12.9. The Bertz CT molecular complexity index is 806. The molecule has 0 aliphatic carbocycles. The number of aromatic nitrogens is 1. The smallest absolute Gasteiger partial charge is 0.254 e. The third kappa shape index (κ3) is 4.10. The highest BCUT2D eigenvalue weighted by molar-refractivity contribution is 5.95. The zero-order valence-electron chi connectivity index (χ0n) is 17.0. The van der Waals surface area contributed by atoms with Crippen molar-refractivity contribution in [3.63, 3.8) is 0 Å². The number of carbonyl (C=O) groups excluding carboxylic acids is 1. The third-order valence-electron chi connectivity index (χ3n) is 6.17. The molecule has 1 aromatic carbocycles. The molecule has 1 unspecified atom stereocenters. The highest BCUT2D eigenvalue weighted by Crippen LogP contribution is 2.27. The van der Waals surface area contributed by atoms with Gasteiger partial charge in [-0.05, 0) is 57.6 Å². The number of nitrogens with zero attached hydrogens (tertiary/aromatic N) is 4. The average molecular weight is 379 g/mol. The number of likely N-dealkylation sites (tertiary alicyclic amines) is 1. The maximum Gasteiger partial charge on any atom is 0.254 e. The molecule has 2 aliphatic rings. The van der Waals surface area contributed by atoms with Crippen molar-refractivity contribution in [2.45, 2.75) is 25.8 Å². The molecule has 4 rings (SSSR count). The molecule has 148 valence electrons. The molecule has 0 N–H and O–H groups in total. The van der Waals surface area contributed by atoms with Gasteiger partial charge in [0.15, 0.2) is 0 Å². The van der Waals surface area contributed by atoms with E-state index >= 15 is 0 Å². The van der Waals surface area contributed by atoms with Gasteiger partial charge >= 0.3 is 0 Å². The number of hydrogen-bond acceptors (Lipinski definition) is 4. The van der Waals surface area contributed by atoms with Crippen LogP contribution in [0.3, 0.4) is 0 Å². The molecule has 0 radical (unpaired) electrons. The van der Waals surface area contributed by atoms with Crippen LogP contribution in [0.4, 0.5) is 0 Å². The number of pyridine rings is 1. The van der Waals surface area contributed by atoms with Gasteiger partial charge in [0.05, 0.1) is 5.69 Å². The van der Waals surface area contributed by atoms with Crippen molar-refractivity contribution in [3.8, 4) is 11.3 Å². The quantitative estimate of drug-likeness (QED) is 0.818. The summed E-state index contributed by atoms with van der Waals surface area (Å²) < 4.78 is 0. The highest BCUT2D eigenvalue weighted by atomic mass is 16.2. The van der Waals surface area contributed by atoms with Crippen LogP contribution in [0.1, 0.15) is 41.7 Å². The summed E-state index contributed by atoms with van der Waals surface area (Å²) in [7, 11) is 2.10. The van der Waals surface area contributed by atoms with Crippen LogP contribution in [0.2, 0.25) is 0 Å². The van der Waals surface area contributed by atoms with E-state index in [9.17, 15) is 4.79 Å².